The zero-order chi connectivity index (χ0) is 18.7. The zero-order valence-corrected chi connectivity index (χ0v) is 13.7. The van der Waals surface area contributed by atoms with Crippen molar-refractivity contribution in [3.05, 3.63) is 23.9 Å². The number of hydrogen-bond donors (Lipinski definition) is 1. The minimum absolute atomic E-state index is 0.0908. The fourth-order valence-corrected chi connectivity index (χ4v) is 2.97. The summed E-state index contributed by atoms with van der Waals surface area (Å²) in [6.07, 6.45) is -0.313. The van der Waals surface area contributed by atoms with Crippen LogP contribution in [0.3, 0.4) is 0 Å². The molecule has 0 saturated heterocycles. The maximum Gasteiger partial charge on any atom is 0.422 e. The maximum absolute atomic E-state index is 12.6. The molecule has 1 saturated carbocycles. The summed E-state index contributed by atoms with van der Waals surface area (Å²) >= 11 is 0. The van der Waals surface area contributed by atoms with Gasteiger partial charge in [0.05, 0.1) is 5.56 Å². The highest BCUT2D eigenvalue weighted by Gasteiger charge is 2.45. The summed E-state index contributed by atoms with van der Waals surface area (Å²) < 4.78 is 40.8. The zero-order valence-electron chi connectivity index (χ0n) is 13.7. The molecule has 138 valence electrons. The molecule has 1 fully saturated rings. The van der Waals surface area contributed by atoms with Gasteiger partial charge in [0.25, 0.3) is 5.91 Å². The van der Waals surface area contributed by atoms with Crippen molar-refractivity contribution >= 4 is 11.9 Å². The van der Waals surface area contributed by atoms with E-state index in [9.17, 15) is 27.9 Å². The molecule has 0 unspecified atom stereocenters. The van der Waals surface area contributed by atoms with E-state index in [0.29, 0.717) is 25.7 Å². The van der Waals surface area contributed by atoms with E-state index in [1.165, 1.54) is 18.0 Å². The average molecular weight is 360 g/mol. The van der Waals surface area contributed by atoms with E-state index >= 15 is 0 Å². The van der Waals surface area contributed by atoms with Gasteiger partial charge in [-0.3, -0.25) is 4.79 Å². The molecule has 1 aromatic heterocycles. The van der Waals surface area contributed by atoms with Crippen molar-refractivity contribution in [2.24, 2.45) is 0 Å². The first-order valence-electron chi connectivity index (χ1n) is 7.83. The number of ether oxygens (including phenoxy) is 1. The molecule has 1 amide bonds. The van der Waals surface area contributed by atoms with Crippen LogP contribution in [0.2, 0.25) is 0 Å². The Labute approximate surface area is 142 Å². The number of nitrogens with zero attached hydrogens (tertiary/aromatic N) is 2. The van der Waals surface area contributed by atoms with Crippen LogP contribution in [0.5, 0.6) is 5.88 Å². The third-order valence-electron chi connectivity index (χ3n) is 4.39. The highest BCUT2D eigenvalue weighted by Crippen LogP contribution is 2.34. The van der Waals surface area contributed by atoms with Gasteiger partial charge in [-0.15, -0.1) is 0 Å². The van der Waals surface area contributed by atoms with Crippen LogP contribution in [-0.2, 0) is 4.79 Å². The van der Waals surface area contributed by atoms with Crippen molar-refractivity contribution < 1.29 is 32.6 Å². The summed E-state index contributed by atoms with van der Waals surface area (Å²) in [4.78, 5) is 29.2. The van der Waals surface area contributed by atoms with Crippen LogP contribution in [0, 0.1) is 0 Å². The second-order valence-electron chi connectivity index (χ2n) is 6.05. The molecule has 25 heavy (non-hydrogen) atoms. The Bertz CT molecular complexity index is 625. The molecule has 1 N–H and O–H groups in total. The summed E-state index contributed by atoms with van der Waals surface area (Å²) in [6.45, 7) is -1.48. The molecule has 0 aliphatic heterocycles. The number of alkyl halides is 3. The van der Waals surface area contributed by atoms with Crippen LogP contribution in [0.15, 0.2) is 18.3 Å². The highest BCUT2D eigenvalue weighted by molar-refractivity contribution is 5.97. The summed E-state index contributed by atoms with van der Waals surface area (Å²) in [6, 6.07) is 2.43. The largest absolute Gasteiger partial charge is 0.479 e. The third-order valence-corrected chi connectivity index (χ3v) is 4.39. The number of hydrogen-bond acceptors (Lipinski definition) is 4. The van der Waals surface area contributed by atoms with Gasteiger partial charge in [-0.05, 0) is 18.9 Å². The first kappa shape index (κ1) is 19.0. The van der Waals surface area contributed by atoms with Gasteiger partial charge in [-0.25, -0.2) is 9.78 Å². The van der Waals surface area contributed by atoms with E-state index in [2.05, 4.69) is 9.72 Å². The minimum atomic E-state index is -4.48. The smallest absolute Gasteiger partial charge is 0.422 e. The van der Waals surface area contributed by atoms with Crippen molar-refractivity contribution in [2.75, 3.05) is 13.7 Å². The Balaban J connectivity index is 2.12. The van der Waals surface area contributed by atoms with Crippen molar-refractivity contribution in [3.8, 4) is 5.88 Å². The molecule has 1 aromatic rings. The van der Waals surface area contributed by atoms with E-state index in [4.69, 9.17) is 0 Å². The number of aliphatic carboxylic acids is 1. The van der Waals surface area contributed by atoms with E-state index in [1.54, 1.807) is 0 Å². The van der Waals surface area contributed by atoms with Gasteiger partial charge in [0.15, 0.2) is 6.61 Å². The summed E-state index contributed by atoms with van der Waals surface area (Å²) in [5.41, 5.74) is -1.17. The Hall–Kier alpha value is -2.32. The molecule has 0 bridgehead atoms. The molecule has 1 aliphatic rings. The number of carbonyl (C=O) groups excluding carboxylic acids is 1. The topological polar surface area (TPSA) is 79.7 Å². The third kappa shape index (κ3) is 4.40. The Morgan fingerprint density at radius 1 is 1.28 bits per heavy atom. The minimum Gasteiger partial charge on any atom is -0.479 e. The number of amides is 1. The molecule has 1 aliphatic carbocycles. The lowest BCUT2D eigenvalue weighted by Gasteiger charge is -2.41. The molecule has 6 nitrogen and oxygen atoms in total. The monoisotopic (exact) mass is 360 g/mol. The van der Waals surface area contributed by atoms with Crippen LogP contribution in [-0.4, -0.2) is 52.2 Å². The quantitative estimate of drug-likeness (QED) is 0.873. The van der Waals surface area contributed by atoms with E-state index in [1.807, 2.05) is 0 Å². The summed E-state index contributed by atoms with van der Waals surface area (Å²) in [7, 11) is 1.43. The van der Waals surface area contributed by atoms with Crippen LogP contribution < -0.4 is 4.74 Å². The van der Waals surface area contributed by atoms with Crippen LogP contribution in [0.25, 0.3) is 0 Å². The van der Waals surface area contributed by atoms with Crippen molar-refractivity contribution in [1.29, 1.82) is 0 Å². The Morgan fingerprint density at radius 3 is 2.40 bits per heavy atom. The predicted octanol–water partition coefficient (Wildman–Crippen LogP) is 2.88. The van der Waals surface area contributed by atoms with Crippen molar-refractivity contribution in [3.63, 3.8) is 0 Å². The van der Waals surface area contributed by atoms with E-state index in [-0.39, 0.29) is 11.4 Å². The number of rotatable bonds is 5. The molecule has 9 heteroatoms. The van der Waals surface area contributed by atoms with Crippen LogP contribution >= 0.6 is 0 Å². The average Bonchev–Trinajstić information content (AvgIpc) is 2.59. The van der Waals surface area contributed by atoms with Crippen molar-refractivity contribution in [2.45, 2.75) is 43.8 Å². The lowest BCUT2D eigenvalue weighted by Crippen LogP contribution is -2.56. The lowest BCUT2D eigenvalue weighted by atomic mass is 9.80. The first-order valence-corrected chi connectivity index (χ1v) is 7.83. The Morgan fingerprint density at radius 2 is 1.92 bits per heavy atom. The van der Waals surface area contributed by atoms with Gasteiger partial charge in [-0.2, -0.15) is 13.2 Å². The summed E-state index contributed by atoms with van der Waals surface area (Å²) in [5, 5.41) is 9.61. The summed E-state index contributed by atoms with van der Waals surface area (Å²) in [5.74, 6) is -1.86. The molecule has 0 atom stereocenters. The van der Waals surface area contributed by atoms with Crippen molar-refractivity contribution in [1.82, 2.24) is 9.88 Å². The number of pyridine rings is 1. The van der Waals surface area contributed by atoms with Crippen LogP contribution in [0.4, 0.5) is 13.2 Å². The number of halogens is 3. The molecular formula is C16H19F3N2O4. The molecular weight excluding hydrogens is 341 g/mol. The van der Waals surface area contributed by atoms with E-state index in [0.717, 1.165) is 18.7 Å². The first-order chi connectivity index (χ1) is 11.7. The van der Waals surface area contributed by atoms with E-state index < -0.39 is 30.2 Å². The van der Waals surface area contributed by atoms with Gasteiger partial charge < -0.3 is 14.7 Å². The van der Waals surface area contributed by atoms with Gasteiger partial charge in [0, 0.05) is 19.3 Å². The normalized spacial score (nSPS) is 17.0. The standard InChI is InChI=1S/C16H19F3N2O4/c1-21(15(14(23)24)7-3-2-4-8-15)13(22)11-5-6-12(20-9-11)25-10-16(17,18)19/h5-6,9H,2-4,7-8,10H2,1H3,(H,23,24). The second kappa shape index (κ2) is 7.28. The molecule has 2 rings (SSSR count). The predicted molar refractivity (Wildman–Crippen MR) is 81.3 cm³/mol. The molecule has 1 heterocycles. The molecule has 0 aromatic carbocycles. The fraction of sp³-hybridized carbons (Fsp3) is 0.562. The highest BCUT2D eigenvalue weighted by atomic mass is 19.4. The molecule has 0 radical (unpaired) electrons. The van der Waals surface area contributed by atoms with Crippen LogP contribution in [0.1, 0.15) is 42.5 Å². The number of aromatic nitrogens is 1. The number of carboxylic acids is 1. The Kier molecular flexibility index (Phi) is 5.54. The number of carboxylic acid groups (broad SMARTS) is 1. The number of carbonyl (C=O) groups is 2. The fourth-order valence-electron chi connectivity index (χ4n) is 2.97. The molecule has 0 spiro atoms. The van der Waals surface area contributed by atoms with Gasteiger partial charge >= 0.3 is 12.1 Å². The second-order valence-corrected chi connectivity index (χ2v) is 6.05. The van der Waals surface area contributed by atoms with Gasteiger partial charge in [0.2, 0.25) is 5.88 Å². The van der Waals surface area contributed by atoms with Gasteiger partial charge in [-0.1, -0.05) is 19.3 Å². The maximum atomic E-state index is 12.6. The van der Waals surface area contributed by atoms with Gasteiger partial charge in [0.1, 0.15) is 5.54 Å². The number of likely N-dealkylation sites (N-methyl/N-ethyl adjacent to an activating group) is 1. The lowest BCUT2D eigenvalue weighted by molar-refractivity contribution is -0.154. The SMILES string of the molecule is CN(C(=O)c1ccc(OCC(F)(F)F)nc1)C1(C(=O)O)CCCCC1.